The predicted molar refractivity (Wildman–Crippen MR) is 70.1 cm³/mol. The molecule has 2 heterocycles. The van der Waals surface area contributed by atoms with Crippen molar-refractivity contribution in [2.24, 2.45) is 0 Å². The standard InChI is InChI=1S/C16H20O/c1-16-10-6-5-9-15(17-16)11-14(12-16)13-7-3-2-4-8-13/h2-4,6-8,10,14-15H,5,9,11-12H2,1H3/t14-,15+,16-/m0/s1. The molecule has 0 aliphatic carbocycles. The second kappa shape index (κ2) is 4.30. The zero-order chi connectivity index (χ0) is 11.7. The maximum absolute atomic E-state index is 6.20. The second-order valence-corrected chi connectivity index (χ2v) is 5.58. The summed E-state index contributed by atoms with van der Waals surface area (Å²) in [6, 6.07) is 10.9. The van der Waals surface area contributed by atoms with Crippen molar-refractivity contribution in [1.82, 2.24) is 0 Å². The van der Waals surface area contributed by atoms with Gasteiger partial charge in [-0.3, -0.25) is 0 Å². The van der Waals surface area contributed by atoms with Crippen LogP contribution < -0.4 is 0 Å². The Balaban J connectivity index is 1.87. The maximum atomic E-state index is 6.20. The van der Waals surface area contributed by atoms with E-state index in [2.05, 4.69) is 49.4 Å². The Bertz CT molecular complexity index is 409. The van der Waals surface area contributed by atoms with Crippen LogP contribution >= 0.6 is 0 Å². The van der Waals surface area contributed by atoms with Gasteiger partial charge in [-0.1, -0.05) is 42.5 Å². The van der Waals surface area contributed by atoms with Gasteiger partial charge in [0, 0.05) is 0 Å². The maximum Gasteiger partial charge on any atom is 0.0844 e. The van der Waals surface area contributed by atoms with E-state index in [1.165, 1.54) is 24.8 Å². The van der Waals surface area contributed by atoms with Crippen LogP contribution in [0.4, 0.5) is 0 Å². The Hall–Kier alpha value is -1.08. The van der Waals surface area contributed by atoms with E-state index in [9.17, 15) is 0 Å². The van der Waals surface area contributed by atoms with Crippen molar-refractivity contribution in [1.29, 1.82) is 0 Å². The number of allylic oxidation sites excluding steroid dienone is 1. The molecule has 2 bridgehead atoms. The van der Waals surface area contributed by atoms with Crippen molar-refractivity contribution in [3.05, 3.63) is 48.0 Å². The highest BCUT2D eigenvalue weighted by Gasteiger charge is 2.37. The van der Waals surface area contributed by atoms with Gasteiger partial charge in [0.25, 0.3) is 0 Å². The SMILES string of the molecule is C[C@]12C=CCC[C@H](C[C@H](c3ccccc3)C1)O2. The summed E-state index contributed by atoms with van der Waals surface area (Å²) >= 11 is 0. The zero-order valence-electron chi connectivity index (χ0n) is 10.4. The molecule has 1 nitrogen and oxygen atoms in total. The molecule has 0 spiro atoms. The molecule has 17 heavy (non-hydrogen) atoms. The highest BCUT2D eigenvalue weighted by Crippen LogP contribution is 2.42. The van der Waals surface area contributed by atoms with Gasteiger partial charge >= 0.3 is 0 Å². The molecule has 0 aromatic heterocycles. The summed E-state index contributed by atoms with van der Waals surface area (Å²) in [7, 11) is 0. The molecule has 2 aliphatic rings. The quantitative estimate of drug-likeness (QED) is 0.659. The van der Waals surface area contributed by atoms with Crippen LogP contribution in [0.15, 0.2) is 42.5 Å². The van der Waals surface area contributed by atoms with Gasteiger partial charge in [0.05, 0.1) is 11.7 Å². The molecule has 0 radical (unpaired) electrons. The van der Waals surface area contributed by atoms with E-state index in [1.54, 1.807) is 0 Å². The van der Waals surface area contributed by atoms with Crippen LogP contribution in [-0.4, -0.2) is 11.7 Å². The normalized spacial score (nSPS) is 36.5. The summed E-state index contributed by atoms with van der Waals surface area (Å²) in [5.74, 6) is 0.655. The molecule has 0 amide bonds. The van der Waals surface area contributed by atoms with E-state index in [0.29, 0.717) is 12.0 Å². The Morgan fingerprint density at radius 3 is 2.88 bits per heavy atom. The predicted octanol–water partition coefficient (Wildman–Crippen LogP) is 4.06. The Morgan fingerprint density at radius 2 is 2.06 bits per heavy atom. The first kappa shape index (κ1) is 11.0. The van der Waals surface area contributed by atoms with E-state index in [4.69, 9.17) is 4.74 Å². The molecule has 0 saturated carbocycles. The van der Waals surface area contributed by atoms with E-state index in [1.807, 2.05) is 0 Å². The van der Waals surface area contributed by atoms with E-state index >= 15 is 0 Å². The van der Waals surface area contributed by atoms with Gasteiger partial charge in [-0.25, -0.2) is 0 Å². The van der Waals surface area contributed by atoms with Gasteiger partial charge in [-0.15, -0.1) is 0 Å². The summed E-state index contributed by atoms with van der Waals surface area (Å²) in [4.78, 5) is 0. The monoisotopic (exact) mass is 228 g/mol. The second-order valence-electron chi connectivity index (χ2n) is 5.58. The molecular weight excluding hydrogens is 208 g/mol. The fourth-order valence-corrected chi connectivity index (χ4v) is 3.24. The van der Waals surface area contributed by atoms with Crippen LogP contribution in [0.25, 0.3) is 0 Å². The number of fused-ring (bicyclic) bond motifs is 2. The first-order chi connectivity index (χ1) is 8.25. The highest BCUT2D eigenvalue weighted by atomic mass is 16.5. The van der Waals surface area contributed by atoms with Crippen LogP contribution in [0.5, 0.6) is 0 Å². The number of benzene rings is 1. The Morgan fingerprint density at radius 1 is 1.24 bits per heavy atom. The minimum absolute atomic E-state index is 0.0417. The summed E-state index contributed by atoms with van der Waals surface area (Å²) < 4.78 is 6.20. The third-order valence-electron chi connectivity index (χ3n) is 4.03. The van der Waals surface area contributed by atoms with Gasteiger partial charge in [-0.05, 0) is 44.1 Å². The van der Waals surface area contributed by atoms with E-state index in [0.717, 1.165) is 6.42 Å². The lowest BCUT2D eigenvalue weighted by Crippen LogP contribution is -2.38. The molecule has 3 atom stereocenters. The molecule has 2 aliphatic heterocycles. The summed E-state index contributed by atoms with van der Waals surface area (Å²) in [6.07, 6.45) is 9.66. The van der Waals surface area contributed by atoms with Gasteiger partial charge in [0.15, 0.2) is 0 Å². The highest BCUT2D eigenvalue weighted by molar-refractivity contribution is 5.22. The number of rotatable bonds is 1. The van der Waals surface area contributed by atoms with E-state index < -0.39 is 0 Å². The minimum Gasteiger partial charge on any atom is -0.368 e. The molecule has 1 heteroatoms. The van der Waals surface area contributed by atoms with Gasteiger partial charge in [0.1, 0.15) is 0 Å². The zero-order valence-corrected chi connectivity index (χ0v) is 10.4. The van der Waals surface area contributed by atoms with Crippen molar-refractivity contribution in [3.63, 3.8) is 0 Å². The molecule has 0 N–H and O–H groups in total. The third-order valence-corrected chi connectivity index (χ3v) is 4.03. The fourth-order valence-electron chi connectivity index (χ4n) is 3.24. The van der Waals surface area contributed by atoms with Crippen LogP contribution in [0.1, 0.15) is 44.1 Å². The van der Waals surface area contributed by atoms with Gasteiger partial charge in [-0.2, -0.15) is 0 Å². The number of ether oxygens (including phenoxy) is 1. The van der Waals surface area contributed by atoms with Gasteiger partial charge < -0.3 is 4.74 Å². The topological polar surface area (TPSA) is 9.23 Å². The molecule has 3 rings (SSSR count). The Kier molecular flexibility index (Phi) is 2.79. The average molecular weight is 228 g/mol. The lowest BCUT2D eigenvalue weighted by atomic mass is 9.80. The first-order valence-corrected chi connectivity index (χ1v) is 6.66. The van der Waals surface area contributed by atoms with Crippen molar-refractivity contribution in [3.8, 4) is 0 Å². The van der Waals surface area contributed by atoms with E-state index in [-0.39, 0.29) is 5.60 Å². The molecule has 1 saturated heterocycles. The molecule has 1 aromatic carbocycles. The van der Waals surface area contributed by atoms with Crippen molar-refractivity contribution in [2.75, 3.05) is 0 Å². The smallest absolute Gasteiger partial charge is 0.0844 e. The molecule has 1 aromatic rings. The van der Waals surface area contributed by atoms with Crippen molar-refractivity contribution in [2.45, 2.75) is 50.2 Å². The molecular formula is C16H20O. The first-order valence-electron chi connectivity index (χ1n) is 6.66. The van der Waals surface area contributed by atoms with Crippen LogP contribution in [0.3, 0.4) is 0 Å². The van der Waals surface area contributed by atoms with Crippen molar-refractivity contribution >= 4 is 0 Å². The molecule has 90 valence electrons. The summed E-state index contributed by atoms with van der Waals surface area (Å²) in [5, 5.41) is 0. The third kappa shape index (κ3) is 2.30. The number of hydrogen-bond acceptors (Lipinski definition) is 1. The molecule has 1 fully saturated rings. The average Bonchev–Trinajstić information content (AvgIpc) is 2.48. The molecule has 0 unspecified atom stereocenters. The van der Waals surface area contributed by atoms with Crippen LogP contribution in [0, 0.1) is 0 Å². The van der Waals surface area contributed by atoms with Crippen molar-refractivity contribution < 1.29 is 4.74 Å². The van der Waals surface area contributed by atoms with Crippen LogP contribution in [-0.2, 0) is 4.74 Å². The summed E-state index contributed by atoms with van der Waals surface area (Å²) in [5.41, 5.74) is 1.43. The largest absolute Gasteiger partial charge is 0.368 e. The van der Waals surface area contributed by atoms with Gasteiger partial charge in [0.2, 0.25) is 0 Å². The minimum atomic E-state index is -0.0417. The Labute approximate surface area is 103 Å². The lowest BCUT2D eigenvalue weighted by Gasteiger charge is -2.40. The van der Waals surface area contributed by atoms with Crippen LogP contribution in [0.2, 0.25) is 0 Å². The fraction of sp³-hybridized carbons (Fsp3) is 0.500. The lowest BCUT2D eigenvalue weighted by molar-refractivity contribution is -0.0946. The summed E-state index contributed by atoms with van der Waals surface area (Å²) in [6.45, 7) is 2.23. The number of hydrogen-bond donors (Lipinski definition) is 0.